The normalized spacial score (nSPS) is 17.3. The van der Waals surface area contributed by atoms with Crippen molar-refractivity contribution in [1.82, 2.24) is 15.2 Å². The molecular weight excluding hydrogens is 390 g/mol. The number of methoxy groups -OCH3 is 2. The number of aryl methyl sites for hydroxylation is 1. The van der Waals surface area contributed by atoms with Crippen LogP contribution in [0.3, 0.4) is 0 Å². The van der Waals surface area contributed by atoms with Crippen LogP contribution in [0.2, 0.25) is 0 Å². The summed E-state index contributed by atoms with van der Waals surface area (Å²) < 4.78 is 10.6. The minimum Gasteiger partial charge on any atom is -0.493 e. The topological polar surface area (TPSA) is 80.8 Å². The lowest BCUT2D eigenvalue weighted by Crippen LogP contribution is -2.35. The lowest BCUT2D eigenvalue weighted by atomic mass is 10.1. The minimum absolute atomic E-state index is 0.0165. The van der Waals surface area contributed by atoms with E-state index in [0.717, 1.165) is 16.3 Å². The van der Waals surface area contributed by atoms with E-state index >= 15 is 0 Å². The molecule has 3 rings (SSSR count). The van der Waals surface area contributed by atoms with E-state index in [-0.39, 0.29) is 30.2 Å². The van der Waals surface area contributed by atoms with Gasteiger partial charge in [0, 0.05) is 24.9 Å². The zero-order valence-corrected chi connectivity index (χ0v) is 18.0. The van der Waals surface area contributed by atoms with Gasteiger partial charge in [0.05, 0.1) is 36.9 Å². The summed E-state index contributed by atoms with van der Waals surface area (Å²) in [6, 6.07) is 5.58. The van der Waals surface area contributed by atoms with Crippen LogP contribution in [0.5, 0.6) is 11.5 Å². The number of hydrogen-bond acceptors (Lipinski definition) is 6. The highest BCUT2D eigenvalue weighted by Crippen LogP contribution is 2.28. The standard InChI is InChI=1S/C21H27N3O4S/c1-13(17-12-29-14(2)23-17)22-21(26)16-10-20(25)24(11-16)8-7-15-5-6-18(27-3)19(9-15)28-4/h5-6,9,12-13,16H,7-8,10-11H2,1-4H3,(H,22,26). The highest BCUT2D eigenvalue weighted by Gasteiger charge is 2.34. The fourth-order valence-electron chi connectivity index (χ4n) is 3.45. The summed E-state index contributed by atoms with van der Waals surface area (Å²) in [4.78, 5) is 31.2. The van der Waals surface area contributed by atoms with E-state index in [1.54, 1.807) is 30.5 Å². The molecule has 1 saturated heterocycles. The highest BCUT2D eigenvalue weighted by atomic mass is 32.1. The molecule has 0 radical (unpaired) electrons. The van der Waals surface area contributed by atoms with Crippen LogP contribution in [0.4, 0.5) is 0 Å². The molecule has 0 spiro atoms. The Morgan fingerprint density at radius 2 is 2.10 bits per heavy atom. The number of nitrogens with zero attached hydrogens (tertiary/aromatic N) is 2. The number of benzene rings is 1. The van der Waals surface area contributed by atoms with E-state index in [9.17, 15) is 9.59 Å². The first-order chi connectivity index (χ1) is 13.9. The van der Waals surface area contributed by atoms with Crippen molar-refractivity contribution in [2.45, 2.75) is 32.7 Å². The molecule has 29 heavy (non-hydrogen) atoms. The van der Waals surface area contributed by atoms with Crippen LogP contribution in [-0.2, 0) is 16.0 Å². The van der Waals surface area contributed by atoms with Gasteiger partial charge in [-0.3, -0.25) is 9.59 Å². The summed E-state index contributed by atoms with van der Waals surface area (Å²) in [5.74, 6) is 0.943. The summed E-state index contributed by atoms with van der Waals surface area (Å²) in [6.45, 7) is 4.87. The number of carbonyl (C=O) groups is 2. The van der Waals surface area contributed by atoms with E-state index in [4.69, 9.17) is 9.47 Å². The third-order valence-electron chi connectivity index (χ3n) is 5.14. The minimum atomic E-state index is -0.324. The molecule has 2 atom stereocenters. The maximum Gasteiger partial charge on any atom is 0.225 e. The molecule has 2 amide bonds. The Morgan fingerprint density at radius 1 is 1.34 bits per heavy atom. The van der Waals surface area contributed by atoms with Crippen LogP contribution in [-0.4, -0.2) is 49.0 Å². The van der Waals surface area contributed by atoms with Crippen molar-refractivity contribution >= 4 is 23.2 Å². The number of nitrogens with one attached hydrogen (secondary N) is 1. The van der Waals surface area contributed by atoms with Gasteiger partial charge in [0.2, 0.25) is 11.8 Å². The van der Waals surface area contributed by atoms with E-state index < -0.39 is 0 Å². The molecule has 2 heterocycles. The van der Waals surface area contributed by atoms with Gasteiger partial charge < -0.3 is 19.7 Å². The molecule has 1 fully saturated rings. The van der Waals surface area contributed by atoms with Crippen molar-refractivity contribution in [2.24, 2.45) is 5.92 Å². The summed E-state index contributed by atoms with van der Waals surface area (Å²) in [7, 11) is 3.20. The van der Waals surface area contributed by atoms with Crippen molar-refractivity contribution in [3.8, 4) is 11.5 Å². The Kier molecular flexibility index (Phi) is 6.74. The van der Waals surface area contributed by atoms with Gasteiger partial charge in [0.25, 0.3) is 0 Å². The smallest absolute Gasteiger partial charge is 0.225 e. The molecule has 1 aliphatic heterocycles. The van der Waals surface area contributed by atoms with Gasteiger partial charge in [-0.15, -0.1) is 11.3 Å². The Labute approximate surface area is 175 Å². The predicted molar refractivity (Wildman–Crippen MR) is 111 cm³/mol. The third-order valence-corrected chi connectivity index (χ3v) is 5.93. The van der Waals surface area contributed by atoms with Crippen LogP contribution in [0.25, 0.3) is 0 Å². The maximum atomic E-state index is 12.6. The number of amides is 2. The average Bonchev–Trinajstić information content (AvgIpc) is 3.31. The molecule has 1 aromatic carbocycles. The van der Waals surface area contributed by atoms with Crippen molar-refractivity contribution in [3.63, 3.8) is 0 Å². The number of ether oxygens (including phenoxy) is 2. The summed E-state index contributed by atoms with van der Waals surface area (Å²) in [5, 5.41) is 5.91. The van der Waals surface area contributed by atoms with Gasteiger partial charge in [-0.2, -0.15) is 0 Å². The molecule has 1 aliphatic rings. The first kappa shape index (κ1) is 21.1. The molecule has 2 unspecified atom stereocenters. The fraction of sp³-hybridized carbons (Fsp3) is 0.476. The van der Waals surface area contributed by atoms with E-state index in [1.807, 2.05) is 37.4 Å². The number of carbonyl (C=O) groups excluding carboxylic acids is 2. The molecule has 0 aliphatic carbocycles. The zero-order valence-electron chi connectivity index (χ0n) is 17.2. The molecule has 2 aromatic rings. The highest BCUT2D eigenvalue weighted by molar-refractivity contribution is 7.09. The summed E-state index contributed by atoms with van der Waals surface area (Å²) >= 11 is 1.56. The lowest BCUT2D eigenvalue weighted by molar-refractivity contribution is -0.129. The number of hydrogen-bond donors (Lipinski definition) is 1. The first-order valence-electron chi connectivity index (χ1n) is 9.62. The Morgan fingerprint density at radius 3 is 2.76 bits per heavy atom. The van der Waals surface area contributed by atoms with Gasteiger partial charge in [0.15, 0.2) is 11.5 Å². The Bertz CT molecular complexity index is 883. The molecule has 1 N–H and O–H groups in total. The average molecular weight is 418 g/mol. The van der Waals surface area contributed by atoms with Gasteiger partial charge in [-0.25, -0.2) is 4.98 Å². The van der Waals surface area contributed by atoms with Crippen LogP contribution >= 0.6 is 11.3 Å². The molecule has 0 bridgehead atoms. The molecule has 8 heteroatoms. The Hall–Kier alpha value is -2.61. The van der Waals surface area contributed by atoms with Crippen molar-refractivity contribution in [1.29, 1.82) is 0 Å². The monoisotopic (exact) mass is 417 g/mol. The predicted octanol–water partition coefficient (Wildman–Crippen LogP) is 2.74. The Balaban J connectivity index is 1.54. The molecule has 0 saturated carbocycles. The number of thiazole rings is 1. The van der Waals surface area contributed by atoms with Gasteiger partial charge in [-0.1, -0.05) is 6.07 Å². The molecular formula is C21H27N3O4S. The van der Waals surface area contributed by atoms with Gasteiger partial charge >= 0.3 is 0 Å². The number of likely N-dealkylation sites (tertiary alicyclic amines) is 1. The fourth-order valence-corrected chi connectivity index (χ4v) is 4.15. The van der Waals surface area contributed by atoms with Crippen LogP contribution in [0.1, 0.15) is 35.7 Å². The summed E-state index contributed by atoms with van der Waals surface area (Å²) in [5.41, 5.74) is 1.91. The van der Waals surface area contributed by atoms with Gasteiger partial charge in [-0.05, 0) is 38.0 Å². The lowest BCUT2D eigenvalue weighted by Gasteiger charge is -2.18. The maximum absolute atomic E-state index is 12.6. The number of aromatic nitrogens is 1. The van der Waals surface area contributed by atoms with Crippen LogP contribution in [0, 0.1) is 12.8 Å². The van der Waals surface area contributed by atoms with Crippen LogP contribution < -0.4 is 14.8 Å². The first-order valence-corrected chi connectivity index (χ1v) is 10.5. The second-order valence-corrected chi connectivity index (χ2v) is 8.26. The summed E-state index contributed by atoms with van der Waals surface area (Å²) in [6.07, 6.45) is 0.940. The van der Waals surface area contributed by atoms with Crippen molar-refractivity contribution in [2.75, 3.05) is 27.3 Å². The van der Waals surface area contributed by atoms with Crippen molar-refractivity contribution < 1.29 is 19.1 Å². The quantitative estimate of drug-likeness (QED) is 0.714. The molecule has 1 aromatic heterocycles. The third kappa shape index (κ3) is 5.06. The van der Waals surface area contributed by atoms with E-state index in [0.29, 0.717) is 31.0 Å². The van der Waals surface area contributed by atoms with Crippen molar-refractivity contribution in [3.05, 3.63) is 39.8 Å². The SMILES string of the molecule is COc1ccc(CCN2CC(C(=O)NC(C)c3csc(C)n3)CC2=O)cc1OC. The second-order valence-electron chi connectivity index (χ2n) is 7.20. The second kappa shape index (κ2) is 9.26. The van der Waals surface area contributed by atoms with Gasteiger partial charge in [0.1, 0.15) is 0 Å². The zero-order chi connectivity index (χ0) is 21.0. The number of rotatable bonds is 8. The van der Waals surface area contributed by atoms with E-state index in [2.05, 4.69) is 10.3 Å². The molecule has 156 valence electrons. The molecule has 7 nitrogen and oxygen atoms in total. The van der Waals surface area contributed by atoms with E-state index in [1.165, 1.54) is 0 Å². The largest absolute Gasteiger partial charge is 0.493 e. The van der Waals surface area contributed by atoms with Crippen LogP contribution in [0.15, 0.2) is 23.6 Å².